The fourth-order valence-corrected chi connectivity index (χ4v) is 1.25. The minimum absolute atomic E-state index is 0.0300. The third-order valence-corrected chi connectivity index (χ3v) is 1.76. The lowest BCUT2D eigenvalue weighted by atomic mass is 9.90. The molecule has 0 spiro atoms. The summed E-state index contributed by atoms with van der Waals surface area (Å²) in [6.45, 7) is 6.22. The number of hydrogen-bond donors (Lipinski definition) is 1. The molecule has 0 aliphatic heterocycles. The largest absolute Gasteiger partial charge is 0.411 e. The van der Waals surface area contributed by atoms with Crippen molar-refractivity contribution in [3.05, 3.63) is 17.5 Å². The molecule has 0 aromatic carbocycles. The average molecular weight is 181 g/mol. The fraction of sp³-hybridized carbons (Fsp3) is 0.556. The van der Waals surface area contributed by atoms with Crippen LogP contribution in [0, 0.1) is 0 Å². The van der Waals surface area contributed by atoms with E-state index in [4.69, 9.17) is 5.21 Å². The van der Waals surface area contributed by atoms with Crippen molar-refractivity contribution in [2.75, 3.05) is 0 Å². The molecule has 0 bridgehead atoms. The van der Waals surface area contributed by atoms with Crippen LogP contribution in [0.4, 0.5) is 0 Å². The Kier molecular flexibility index (Phi) is 2.40. The van der Waals surface area contributed by atoms with Crippen LogP contribution < -0.4 is 0 Å². The summed E-state index contributed by atoms with van der Waals surface area (Å²) in [5.41, 5.74) is 1.77. The zero-order chi connectivity index (χ0) is 10.1. The van der Waals surface area contributed by atoms with Crippen LogP contribution in [0.3, 0.4) is 0 Å². The second kappa shape index (κ2) is 3.20. The number of aryl methyl sites for hydroxylation is 1. The van der Waals surface area contributed by atoms with Crippen molar-refractivity contribution >= 4 is 6.21 Å². The Morgan fingerprint density at radius 1 is 1.54 bits per heavy atom. The van der Waals surface area contributed by atoms with Gasteiger partial charge in [0, 0.05) is 24.2 Å². The van der Waals surface area contributed by atoms with Gasteiger partial charge >= 0.3 is 0 Å². The van der Waals surface area contributed by atoms with Gasteiger partial charge < -0.3 is 5.21 Å². The van der Waals surface area contributed by atoms with Crippen molar-refractivity contribution in [3.63, 3.8) is 0 Å². The third kappa shape index (κ3) is 2.08. The molecular weight excluding hydrogens is 166 g/mol. The molecule has 1 N–H and O–H groups in total. The first-order chi connectivity index (χ1) is 5.95. The van der Waals surface area contributed by atoms with Gasteiger partial charge in [-0.25, -0.2) is 0 Å². The molecule has 4 heteroatoms. The van der Waals surface area contributed by atoms with E-state index >= 15 is 0 Å². The Balaban J connectivity index is 3.19. The van der Waals surface area contributed by atoms with Gasteiger partial charge in [0.05, 0.1) is 11.9 Å². The minimum atomic E-state index is -0.0300. The zero-order valence-electron chi connectivity index (χ0n) is 8.44. The molecule has 0 aliphatic carbocycles. The molecule has 0 aliphatic rings. The number of hydrogen-bond acceptors (Lipinski definition) is 3. The van der Waals surface area contributed by atoms with E-state index in [0.717, 1.165) is 11.3 Å². The highest BCUT2D eigenvalue weighted by molar-refractivity contribution is 5.80. The Labute approximate surface area is 77.9 Å². The first kappa shape index (κ1) is 9.77. The molecule has 0 saturated heterocycles. The Morgan fingerprint density at radius 2 is 2.15 bits per heavy atom. The fourth-order valence-electron chi connectivity index (χ4n) is 1.25. The summed E-state index contributed by atoms with van der Waals surface area (Å²) < 4.78 is 1.72. The van der Waals surface area contributed by atoms with Crippen molar-refractivity contribution in [3.8, 4) is 0 Å². The van der Waals surface area contributed by atoms with Gasteiger partial charge in [-0.3, -0.25) is 4.68 Å². The van der Waals surface area contributed by atoms with E-state index < -0.39 is 0 Å². The normalized spacial score (nSPS) is 12.6. The quantitative estimate of drug-likeness (QED) is 0.406. The van der Waals surface area contributed by atoms with Gasteiger partial charge in [0.2, 0.25) is 0 Å². The summed E-state index contributed by atoms with van der Waals surface area (Å²) >= 11 is 0. The molecular formula is C9H15N3O. The van der Waals surface area contributed by atoms with Crippen LogP contribution in [-0.4, -0.2) is 21.2 Å². The second-order valence-electron chi connectivity index (χ2n) is 4.10. The lowest BCUT2D eigenvalue weighted by Gasteiger charge is -2.15. The molecule has 1 rings (SSSR count). The predicted octanol–water partition coefficient (Wildman–Crippen LogP) is 1.53. The molecule has 0 atom stereocenters. The summed E-state index contributed by atoms with van der Waals surface area (Å²) in [6.07, 6.45) is 3.24. The number of nitrogens with zero attached hydrogens (tertiary/aromatic N) is 3. The monoisotopic (exact) mass is 181 g/mol. The van der Waals surface area contributed by atoms with E-state index in [9.17, 15) is 0 Å². The SMILES string of the molecule is Cn1cc(/C=N/O)c(C(C)(C)C)n1. The minimum Gasteiger partial charge on any atom is -0.411 e. The molecule has 13 heavy (non-hydrogen) atoms. The van der Waals surface area contributed by atoms with E-state index in [0.29, 0.717) is 0 Å². The average Bonchev–Trinajstić information content (AvgIpc) is 2.30. The summed E-state index contributed by atoms with van der Waals surface area (Å²) in [5.74, 6) is 0. The topological polar surface area (TPSA) is 50.4 Å². The smallest absolute Gasteiger partial charge is 0.0768 e. The molecule has 4 nitrogen and oxygen atoms in total. The van der Waals surface area contributed by atoms with Crippen LogP contribution in [0.5, 0.6) is 0 Å². The van der Waals surface area contributed by atoms with E-state index in [1.54, 1.807) is 4.68 Å². The van der Waals surface area contributed by atoms with Crippen LogP contribution in [0.25, 0.3) is 0 Å². The van der Waals surface area contributed by atoms with E-state index in [-0.39, 0.29) is 5.41 Å². The maximum atomic E-state index is 8.45. The van der Waals surface area contributed by atoms with Crippen LogP contribution in [-0.2, 0) is 12.5 Å². The van der Waals surface area contributed by atoms with Gasteiger partial charge in [-0.05, 0) is 0 Å². The van der Waals surface area contributed by atoms with E-state index in [2.05, 4.69) is 31.0 Å². The van der Waals surface area contributed by atoms with E-state index in [1.807, 2.05) is 13.2 Å². The van der Waals surface area contributed by atoms with E-state index in [1.165, 1.54) is 6.21 Å². The van der Waals surface area contributed by atoms with Gasteiger partial charge in [0.1, 0.15) is 0 Å². The van der Waals surface area contributed by atoms with Crippen LogP contribution >= 0.6 is 0 Å². The van der Waals surface area contributed by atoms with Gasteiger partial charge in [-0.1, -0.05) is 25.9 Å². The highest BCUT2D eigenvalue weighted by Gasteiger charge is 2.20. The lowest BCUT2D eigenvalue weighted by molar-refractivity contribution is 0.321. The van der Waals surface area contributed by atoms with Crippen LogP contribution in [0.1, 0.15) is 32.0 Å². The summed E-state index contributed by atoms with van der Waals surface area (Å²) in [5, 5.41) is 15.8. The first-order valence-corrected chi connectivity index (χ1v) is 4.16. The summed E-state index contributed by atoms with van der Waals surface area (Å²) in [7, 11) is 1.85. The van der Waals surface area contributed by atoms with Crippen molar-refractivity contribution in [1.29, 1.82) is 0 Å². The number of rotatable bonds is 1. The lowest BCUT2D eigenvalue weighted by Crippen LogP contribution is -2.14. The van der Waals surface area contributed by atoms with Crippen molar-refractivity contribution < 1.29 is 5.21 Å². The highest BCUT2D eigenvalue weighted by Crippen LogP contribution is 2.22. The number of oxime groups is 1. The van der Waals surface area contributed by atoms with Crippen molar-refractivity contribution in [1.82, 2.24) is 9.78 Å². The molecule has 0 radical (unpaired) electrons. The molecule has 72 valence electrons. The van der Waals surface area contributed by atoms with Crippen molar-refractivity contribution in [2.45, 2.75) is 26.2 Å². The van der Waals surface area contributed by atoms with Crippen LogP contribution in [0.2, 0.25) is 0 Å². The molecule has 1 aromatic rings. The highest BCUT2D eigenvalue weighted by atomic mass is 16.4. The molecule has 0 amide bonds. The molecule has 0 unspecified atom stereocenters. The maximum Gasteiger partial charge on any atom is 0.0768 e. The Morgan fingerprint density at radius 3 is 2.62 bits per heavy atom. The van der Waals surface area contributed by atoms with Gasteiger partial charge in [0.15, 0.2) is 0 Å². The number of aromatic nitrogens is 2. The standard InChI is InChI=1S/C9H15N3O/c1-9(2,3)8-7(5-10-13)6-12(4)11-8/h5-6,13H,1-4H3/b10-5+. The van der Waals surface area contributed by atoms with Gasteiger partial charge in [-0.15, -0.1) is 0 Å². The molecule has 0 saturated carbocycles. The zero-order valence-corrected chi connectivity index (χ0v) is 8.44. The Hall–Kier alpha value is -1.32. The second-order valence-corrected chi connectivity index (χ2v) is 4.10. The van der Waals surface area contributed by atoms with Gasteiger partial charge in [0.25, 0.3) is 0 Å². The van der Waals surface area contributed by atoms with Gasteiger partial charge in [-0.2, -0.15) is 5.10 Å². The molecule has 0 fully saturated rings. The van der Waals surface area contributed by atoms with Crippen molar-refractivity contribution in [2.24, 2.45) is 12.2 Å². The first-order valence-electron chi connectivity index (χ1n) is 4.16. The third-order valence-electron chi connectivity index (χ3n) is 1.76. The maximum absolute atomic E-state index is 8.45. The molecule has 1 aromatic heterocycles. The summed E-state index contributed by atoms with van der Waals surface area (Å²) in [4.78, 5) is 0. The Bertz CT molecular complexity index is 320. The summed E-state index contributed by atoms with van der Waals surface area (Å²) in [6, 6.07) is 0. The predicted molar refractivity (Wildman–Crippen MR) is 51.3 cm³/mol. The molecule has 1 heterocycles. The van der Waals surface area contributed by atoms with Crippen LogP contribution in [0.15, 0.2) is 11.4 Å².